The molecule has 0 spiro atoms. The van der Waals surface area contributed by atoms with E-state index in [1.165, 1.54) is 5.56 Å². The zero-order valence-corrected chi connectivity index (χ0v) is 13.4. The number of anilines is 1. The van der Waals surface area contributed by atoms with Crippen LogP contribution in [0.3, 0.4) is 0 Å². The van der Waals surface area contributed by atoms with Crippen molar-refractivity contribution < 1.29 is 4.79 Å². The fraction of sp³-hybridized carbons (Fsp3) is 0.350. The van der Waals surface area contributed by atoms with Crippen LogP contribution in [0.25, 0.3) is 0 Å². The minimum absolute atomic E-state index is 0.232. The predicted octanol–water partition coefficient (Wildman–Crippen LogP) is 4.84. The first-order valence-electron chi connectivity index (χ1n) is 8.20. The van der Waals surface area contributed by atoms with E-state index in [0.717, 1.165) is 37.9 Å². The highest BCUT2D eigenvalue weighted by Gasteiger charge is 2.14. The SMILES string of the molecule is CCCCN(C(=O)CCCc1ccccc1)c1ccccc1. The summed E-state index contributed by atoms with van der Waals surface area (Å²) in [6.45, 7) is 2.97. The van der Waals surface area contributed by atoms with E-state index in [1.54, 1.807) is 0 Å². The van der Waals surface area contributed by atoms with Crippen molar-refractivity contribution in [2.75, 3.05) is 11.4 Å². The Morgan fingerprint density at radius 1 is 0.909 bits per heavy atom. The molecule has 0 unspecified atom stereocenters. The standard InChI is InChI=1S/C20H25NO/c1-2-3-17-21(19-14-8-5-9-15-19)20(22)16-10-13-18-11-6-4-7-12-18/h4-9,11-12,14-15H,2-3,10,13,16-17H2,1H3. The summed E-state index contributed by atoms with van der Waals surface area (Å²) in [5, 5.41) is 0. The maximum absolute atomic E-state index is 12.6. The third-order valence-corrected chi connectivity index (χ3v) is 3.80. The molecule has 2 rings (SSSR count). The van der Waals surface area contributed by atoms with Gasteiger partial charge in [-0.15, -0.1) is 0 Å². The maximum atomic E-state index is 12.6. The second kappa shape index (κ2) is 9.04. The van der Waals surface area contributed by atoms with E-state index in [9.17, 15) is 4.79 Å². The first-order chi connectivity index (χ1) is 10.8. The van der Waals surface area contributed by atoms with Gasteiger partial charge in [0.1, 0.15) is 0 Å². The highest BCUT2D eigenvalue weighted by Crippen LogP contribution is 2.16. The lowest BCUT2D eigenvalue weighted by Gasteiger charge is -2.22. The largest absolute Gasteiger partial charge is 0.312 e. The Kier molecular flexibility index (Phi) is 6.69. The molecule has 0 N–H and O–H groups in total. The van der Waals surface area contributed by atoms with Crippen LogP contribution in [-0.4, -0.2) is 12.5 Å². The molecule has 0 bridgehead atoms. The topological polar surface area (TPSA) is 20.3 Å². The number of hydrogen-bond donors (Lipinski definition) is 0. The fourth-order valence-electron chi connectivity index (χ4n) is 2.55. The van der Waals surface area contributed by atoms with Crippen molar-refractivity contribution in [1.82, 2.24) is 0 Å². The molecule has 0 aromatic heterocycles. The molecule has 2 nitrogen and oxygen atoms in total. The van der Waals surface area contributed by atoms with Gasteiger partial charge < -0.3 is 4.90 Å². The van der Waals surface area contributed by atoms with Gasteiger partial charge in [0, 0.05) is 18.7 Å². The summed E-state index contributed by atoms with van der Waals surface area (Å²) in [7, 11) is 0. The number of unbranched alkanes of at least 4 members (excludes halogenated alkanes) is 1. The van der Waals surface area contributed by atoms with Crippen LogP contribution in [0.4, 0.5) is 5.69 Å². The molecule has 0 saturated heterocycles. The monoisotopic (exact) mass is 295 g/mol. The number of aryl methyl sites for hydroxylation is 1. The molecule has 2 aromatic rings. The fourth-order valence-corrected chi connectivity index (χ4v) is 2.55. The van der Waals surface area contributed by atoms with Gasteiger partial charge in [0.25, 0.3) is 0 Å². The number of hydrogen-bond acceptors (Lipinski definition) is 1. The molecule has 0 aliphatic carbocycles. The highest BCUT2D eigenvalue weighted by atomic mass is 16.2. The molecule has 0 aliphatic rings. The van der Waals surface area contributed by atoms with Gasteiger partial charge in [-0.05, 0) is 37.0 Å². The van der Waals surface area contributed by atoms with Crippen LogP contribution in [-0.2, 0) is 11.2 Å². The van der Waals surface area contributed by atoms with Crippen LogP contribution in [0.2, 0.25) is 0 Å². The summed E-state index contributed by atoms with van der Waals surface area (Å²) in [4.78, 5) is 14.5. The van der Waals surface area contributed by atoms with Crippen LogP contribution < -0.4 is 4.90 Å². The molecule has 116 valence electrons. The summed E-state index contributed by atoms with van der Waals surface area (Å²) in [5.74, 6) is 0.232. The Morgan fingerprint density at radius 3 is 2.18 bits per heavy atom. The van der Waals surface area contributed by atoms with Crippen molar-refractivity contribution in [2.24, 2.45) is 0 Å². The second-order valence-corrected chi connectivity index (χ2v) is 5.57. The quantitative estimate of drug-likeness (QED) is 0.682. The number of benzene rings is 2. The zero-order valence-electron chi connectivity index (χ0n) is 13.4. The van der Waals surface area contributed by atoms with Crippen molar-refractivity contribution in [2.45, 2.75) is 39.0 Å². The van der Waals surface area contributed by atoms with E-state index in [2.05, 4.69) is 31.2 Å². The van der Waals surface area contributed by atoms with Crippen molar-refractivity contribution >= 4 is 11.6 Å². The molecule has 0 saturated carbocycles. The Morgan fingerprint density at radius 2 is 1.55 bits per heavy atom. The Bertz CT molecular complexity index is 550. The number of carbonyl (C=O) groups is 1. The van der Waals surface area contributed by atoms with E-state index in [4.69, 9.17) is 0 Å². The van der Waals surface area contributed by atoms with E-state index in [0.29, 0.717) is 6.42 Å². The van der Waals surface area contributed by atoms with Gasteiger partial charge in [-0.1, -0.05) is 61.9 Å². The molecule has 1 amide bonds. The first-order valence-corrected chi connectivity index (χ1v) is 8.20. The van der Waals surface area contributed by atoms with Gasteiger partial charge in [-0.2, -0.15) is 0 Å². The van der Waals surface area contributed by atoms with Crippen LogP contribution >= 0.6 is 0 Å². The Labute approximate surface area is 133 Å². The van der Waals surface area contributed by atoms with Crippen molar-refractivity contribution in [3.05, 3.63) is 66.2 Å². The third kappa shape index (κ3) is 5.03. The molecular formula is C20H25NO. The molecule has 2 heteroatoms. The number of amides is 1. The van der Waals surface area contributed by atoms with Crippen LogP contribution in [0.1, 0.15) is 38.2 Å². The second-order valence-electron chi connectivity index (χ2n) is 5.57. The number of para-hydroxylation sites is 1. The lowest BCUT2D eigenvalue weighted by Crippen LogP contribution is -2.31. The zero-order chi connectivity index (χ0) is 15.6. The number of carbonyl (C=O) groups excluding carboxylic acids is 1. The smallest absolute Gasteiger partial charge is 0.226 e. The predicted molar refractivity (Wildman–Crippen MR) is 93.1 cm³/mol. The molecule has 2 aromatic carbocycles. The maximum Gasteiger partial charge on any atom is 0.226 e. The molecule has 0 fully saturated rings. The summed E-state index contributed by atoms with van der Waals surface area (Å²) < 4.78 is 0. The summed E-state index contributed by atoms with van der Waals surface area (Å²) in [5.41, 5.74) is 2.32. The van der Waals surface area contributed by atoms with E-state index in [-0.39, 0.29) is 5.91 Å². The van der Waals surface area contributed by atoms with Gasteiger partial charge in [0.15, 0.2) is 0 Å². The lowest BCUT2D eigenvalue weighted by molar-refractivity contribution is -0.118. The first kappa shape index (κ1) is 16.3. The lowest BCUT2D eigenvalue weighted by atomic mass is 10.1. The molecule has 22 heavy (non-hydrogen) atoms. The molecular weight excluding hydrogens is 270 g/mol. The normalized spacial score (nSPS) is 10.4. The van der Waals surface area contributed by atoms with Crippen molar-refractivity contribution in [3.63, 3.8) is 0 Å². The van der Waals surface area contributed by atoms with Crippen LogP contribution in [0.5, 0.6) is 0 Å². The Balaban J connectivity index is 1.91. The highest BCUT2D eigenvalue weighted by molar-refractivity contribution is 5.93. The number of nitrogens with zero attached hydrogens (tertiary/aromatic N) is 1. The number of rotatable bonds is 8. The van der Waals surface area contributed by atoms with Gasteiger partial charge in [0.2, 0.25) is 5.91 Å². The van der Waals surface area contributed by atoms with E-state index < -0.39 is 0 Å². The minimum atomic E-state index is 0.232. The minimum Gasteiger partial charge on any atom is -0.312 e. The van der Waals surface area contributed by atoms with Gasteiger partial charge in [-0.3, -0.25) is 4.79 Å². The van der Waals surface area contributed by atoms with Crippen LogP contribution in [0, 0.1) is 0 Å². The van der Waals surface area contributed by atoms with Crippen molar-refractivity contribution in [3.8, 4) is 0 Å². The average molecular weight is 295 g/mol. The molecule has 0 atom stereocenters. The Hall–Kier alpha value is -2.09. The summed E-state index contributed by atoms with van der Waals surface area (Å²) in [6.07, 6.45) is 4.61. The van der Waals surface area contributed by atoms with E-state index in [1.807, 2.05) is 41.3 Å². The van der Waals surface area contributed by atoms with E-state index >= 15 is 0 Å². The molecule has 0 heterocycles. The third-order valence-electron chi connectivity index (χ3n) is 3.80. The summed E-state index contributed by atoms with van der Waals surface area (Å²) >= 11 is 0. The van der Waals surface area contributed by atoms with Gasteiger partial charge >= 0.3 is 0 Å². The van der Waals surface area contributed by atoms with Gasteiger partial charge in [0.05, 0.1) is 0 Å². The average Bonchev–Trinajstić information content (AvgIpc) is 2.57. The van der Waals surface area contributed by atoms with Crippen LogP contribution in [0.15, 0.2) is 60.7 Å². The molecule has 0 aliphatic heterocycles. The van der Waals surface area contributed by atoms with Crippen molar-refractivity contribution in [1.29, 1.82) is 0 Å². The van der Waals surface area contributed by atoms with Gasteiger partial charge in [-0.25, -0.2) is 0 Å². The summed E-state index contributed by atoms with van der Waals surface area (Å²) in [6, 6.07) is 20.4. The molecule has 0 radical (unpaired) electrons.